The van der Waals surface area contributed by atoms with Gasteiger partial charge in [-0.2, -0.15) is 0 Å². The van der Waals surface area contributed by atoms with Gasteiger partial charge in [-0.3, -0.25) is 9.59 Å². The van der Waals surface area contributed by atoms with E-state index in [9.17, 15) is 9.59 Å². The lowest BCUT2D eigenvalue weighted by Gasteiger charge is -2.37. The molecule has 2 atom stereocenters. The number of aryl methyl sites for hydroxylation is 1. The number of unbranched alkanes of at least 4 members (excludes halogenated alkanes) is 1. The first-order chi connectivity index (χ1) is 11.5. The summed E-state index contributed by atoms with van der Waals surface area (Å²) < 4.78 is 5.15. The predicted molar refractivity (Wildman–Crippen MR) is 93.6 cm³/mol. The van der Waals surface area contributed by atoms with Gasteiger partial charge in [0.15, 0.2) is 0 Å². The van der Waals surface area contributed by atoms with E-state index < -0.39 is 0 Å². The number of rotatable bonds is 7. The third-order valence-corrected chi connectivity index (χ3v) is 4.87. The second-order valence-corrected chi connectivity index (χ2v) is 6.63. The third-order valence-electron chi connectivity index (χ3n) is 4.87. The highest BCUT2D eigenvalue weighted by Gasteiger charge is 2.31. The van der Waals surface area contributed by atoms with E-state index in [4.69, 9.17) is 10.5 Å². The molecule has 0 unspecified atom stereocenters. The summed E-state index contributed by atoms with van der Waals surface area (Å²) in [7, 11) is 1.66. The fourth-order valence-electron chi connectivity index (χ4n) is 3.23. The first-order valence-corrected chi connectivity index (χ1v) is 8.73. The molecule has 1 aromatic carbocycles. The average Bonchev–Trinajstić information content (AvgIpc) is 2.59. The third kappa shape index (κ3) is 4.98. The molecule has 2 rings (SSSR count). The lowest BCUT2D eigenvalue weighted by Crippen LogP contribution is -2.48. The Morgan fingerprint density at radius 1 is 1.21 bits per heavy atom. The number of primary amides is 1. The highest BCUT2D eigenvalue weighted by atomic mass is 16.5. The van der Waals surface area contributed by atoms with Gasteiger partial charge in [-0.05, 0) is 56.7 Å². The maximum absolute atomic E-state index is 12.4. The highest BCUT2D eigenvalue weighted by molar-refractivity contribution is 5.80. The van der Waals surface area contributed by atoms with Gasteiger partial charge in [0, 0.05) is 19.0 Å². The van der Waals surface area contributed by atoms with E-state index in [1.807, 2.05) is 24.0 Å². The molecule has 1 aromatic rings. The van der Waals surface area contributed by atoms with Crippen LogP contribution in [0.25, 0.3) is 0 Å². The molecule has 132 valence electrons. The Morgan fingerprint density at radius 2 is 1.92 bits per heavy atom. The minimum atomic E-state index is -0.292. The van der Waals surface area contributed by atoms with E-state index in [1.165, 1.54) is 5.56 Å². The minimum absolute atomic E-state index is 0.142. The van der Waals surface area contributed by atoms with E-state index in [0.717, 1.165) is 37.9 Å². The first kappa shape index (κ1) is 18.3. The Bertz CT molecular complexity index is 556. The molecule has 0 saturated carbocycles. The Hall–Kier alpha value is -2.04. The Labute approximate surface area is 144 Å². The van der Waals surface area contributed by atoms with Gasteiger partial charge in [-0.1, -0.05) is 12.1 Å². The number of carbonyl (C=O) groups is 2. The minimum Gasteiger partial charge on any atom is -0.497 e. The van der Waals surface area contributed by atoms with Crippen LogP contribution in [0.15, 0.2) is 24.3 Å². The zero-order valence-electron chi connectivity index (χ0n) is 14.7. The number of amides is 2. The monoisotopic (exact) mass is 332 g/mol. The van der Waals surface area contributed by atoms with Gasteiger partial charge >= 0.3 is 0 Å². The fraction of sp³-hybridized carbons (Fsp3) is 0.579. The summed E-state index contributed by atoms with van der Waals surface area (Å²) in [4.78, 5) is 25.6. The number of benzene rings is 1. The van der Waals surface area contributed by atoms with Gasteiger partial charge in [0.05, 0.1) is 13.0 Å². The second-order valence-electron chi connectivity index (χ2n) is 6.63. The van der Waals surface area contributed by atoms with Crippen LogP contribution in [0.2, 0.25) is 0 Å². The van der Waals surface area contributed by atoms with E-state index in [-0.39, 0.29) is 23.8 Å². The summed E-state index contributed by atoms with van der Waals surface area (Å²) in [5, 5.41) is 0. The van der Waals surface area contributed by atoms with Gasteiger partial charge < -0.3 is 15.4 Å². The van der Waals surface area contributed by atoms with Crippen LogP contribution < -0.4 is 10.5 Å². The van der Waals surface area contributed by atoms with Crippen LogP contribution in [0, 0.1) is 5.92 Å². The van der Waals surface area contributed by atoms with Crippen LogP contribution >= 0.6 is 0 Å². The standard InChI is InChI=1S/C19H28N2O3/c1-14-7-10-16(19(20)23)13-21(14)18(22)6-4-3-5-15-8-11-17(24-2)12-9-15/h8-9,11-12,14,16H,3-7,10,13H2,1-2H3,(H2,20,23)/t14-,16-/m1/s1. The summed E-state index contributed by atoms with van der Waals surface area (Å²) in [5.41, 5.74) is 6.65. The number of carbonyl (C=O) groups excluding carboxylic acids is 2. The highest BCUT2D eigenvalue weighted by Crippen LogP contribution is 2.23. The van der Waals surface area contributed by atoms with Gasteiger partial charge in [0.25, 0.3) is 0 Å². The van der Waals surface area contributed by atoms with Gasteiger partial charge in [0.2, 0.25) is 11.8 Å². The van der Waals surface area contributed by atoms with Crippen molar-refractivity contribution in [3.05, 3.63) is 29.8 Å². The molecule has 5 heteroatoms. The van der Waals surface area contributed by atoms with Crippen molar-refractivity contribution in [2.75, 3.05) is 13.7 Å². The van der Waals surface area contributed by atoms with Crippen molar-refractivity contribution in [1.82, 2.24) is 4.90 Å². The Balaban J connectivity index is 1.74. The van der Waals surface area contributed by atoms with Crippen molar-refractivity contribution in [2.24, 2.45) is 11.7 Å². The molecule has 0 aromatic heterocycles. The van der Waals surface area contributed by atoms with Crippen molar-refractivity contribution in [3.8, 4) is 5.75 Å². The molecule has 0 bridgehead atoms. The largest absolute Gasteiger partial charge is 0.497 e. The summed E-state index contributed by atoms with van der Waals surface area (Å²) in [6.45, 7) is 2.53. The van der Waals surface area contributed by atoms with E-state index in [1.54, 1.807) is 7.11 Å². The molecule has 0 radical (unpaired) electrons. The molecule has 0 aliphatic carbocycles. The molecule has 1 saturated heterocycles. The Morgan fingerprint density at radius 3 is 2.54 bits per heavy atom. The number of likely N-dealkylation sites (tertiary alicyclic amines) is 1. The number of hydrogen-bond donors (Lipinski definition) is 1. The summed E-state index contributed by atoms with van der Waals surface area (Å²) >= 11 is 0. The van der Waals surface area contributed by atoms with Crippen LogP contribution in [-0.2, 0) is 16.0 Å². The van der Waals surface area contributed by atoms with Gasteiger partial charge in [-0.25, -0.2) is 0 Å². The van der Waals surface area contributed by atoms with Crippen molar-refractivity contribution < 1.29 is 14.3 Å². The number of nitrogens with zero attached hydrogens (tertiary/aromatic N) is 1. The van der Waals surface area contributed by atoms with Crippen molar-refractivity contribution in [2.45, 2.75) is 51.5 Å². The van der Waals surface area contributed by atoms with E-state index in [2.05, 4.69) is 12.1 Å². The Kier molecular flexibility index (Phi) is 6.64. The van der Waals surface area contributed by atoms with Gasteiger partial charge in [-0.15, -0.1) is 0 Å². The van der Waals surface area contributed by atoms with Crippen molar-refractivity contribution >= 4 is 11.8 Å². The fourth-order valence-corrected chi connectivity index (χ4v) is 3.23. The van der Waals surface area contributed by atoms with Crippen molar-refractivity contribution in [1.29, 1.82) is 0 Å². The van der Waals surface area contributed by atoms with Crippen LogP contribution in [0.3, 0.4) is 0 Å². The van der Waals surface area contributed by atoms with E-state index in [0.29, 0.717) is 13.0 Å². The molecule has 1 fully saturated rings. The smallest absolute Gasteiger partial charge is 0.222 e. The SMILES string of the molecule is COc1ccc(CCCCC(=O)N2C[C@H](C(N)=O)CC[C@H]2C)cc1. The van der Waals surface area contributed by atoms with E-state index >= 15 is 0 Å². The molecule has 0 spiro atoms. The lowest BCUT2D eigenvalue weighted by molar-refractivity contribution is -0.137. The summed E-state index contributed by atoms with van der Waals surface area (Å²) in [6.07, 6.45) is 4.96. The molecule has 1 aliphatic rings. The zero-order chi connectivity index (χ0) is 17.5. The second kappa shape index (κ2) is 8.71. The van der Waals surface area contributed by atoms with Crippen molar-refractivity contribution in [3.63, 3.8) is 0 Å². The van der Waals surface area contributed by atoms with Crippen LogP contribution in [-0.4, -0.2) is 36.4 Å². The van der Waals surface area contributed by atoms with Crippen LogP contribution in [0.5, 0.6) is 5.75 Å². The average molecular weight is 332 g/mol. The molecule has 24 heavy (non-hydrogen) atoms. The predicted octanol–water partition coefficient (Wildman–Crippen LogP) is 2.52. The molecule has 1 aliphatic heterocycles. The number of ether oxygens (including phenoxy) is 1. The number of nitrogens with two attached hydrogens (primary N) is 1. The number of methoxy groups -OCH3 is 1. The normalized spacial score (nSPS) is 20.7. The topological polar surface area (TPSA) is 72.6 Å². The van der Waals surface area contributed by atoms with Crippen LogP contribution in [0.1, 0.15) is 44.6 Å². The maximum Gasteiger partial charge on any atom is 0.222 e. The molecule has 1 heterocycles. The molecular weight excluding hydrogens is 304 g/mol. The summed E-state index contributed by atoms with van der Waals surface area (Å²) in [6, 6.07) is 8.24. The molecule has 2 amide bonds. The zero-order valence-corrected chi connectivity index (χ0v) is 14.7. The quantitative estimate of drug-likeness (QED) is 0.780. The maximum atomic E-state index is 12.4. The number of piperidine rings is 1. The molecule has 5 nitrogen and oxygen atoms in total. The molecule has 2 N–H and O–H groups in total. The number of hydrogen-bond acceptors (Lipinski definition) is 3. The lowest BCUT2D eigenvalue weighted by atomic mass is 9.92. The van der Waals surface area contributed by atoms with Gasteiger partial charge in [0.1, 0.15) is 5.75 Å². The summed E-state index contributed by atoms with van der Waals surface area (Å²) in [5.74, 6) is 0.517. The van der Waals surface area contributed by atoms with Crippen LogP contribution in [0.4, 0.5) is 0 Å². The molecular formula is C19H28N2O3. The first-order valence-electron chi connectivity index (χ1n) is 8.73.